The lowest BCUT2D eigenvalue weighted by Crippen LogP contribution is -2.28. The fraction of sp³-hybridized carbons (Fsp3) is 0.353. The second-order valence-corrected chi connectivity index (χ2v) is 5.39. The van der Waals surface area contributed by atoms with E-state index in [0.29, 0.717) is 30.3 Å². The summed E-state index contributed by atoms with van der Waals surface area (Å²) in [7, 11) is 0. The number of nitrogens with zero attached hydrogens (tertiary/aromatic N) is 2. The second kappa shape index (κ2) is 10.5. The van der Waals surface area contributed by atoms with E-state index in [1.165, 1.54) is 6.21 Å². The predicted octanol–water partition coefficient (Wildman–Crippen LogP) is 0.208. The number of H-pyrrole nitrogens is 2. The molecule has 1 amide bonds. The average molecular weight is 390 g/mol. The van der Waals surface area contributed by atoms with Gasteiger partial charge in [0.05, 0.1) is 19.4 Å². The first-order chi connectivity index (χ1) is 13.5. The molecule has 0 saturated heterocycles. The van der Waals surface area contributed by atoms with Crippen LogP contribution in [0, 0.1) is 0 Å². The van der Waals surface area contributed by atoms with E-state index in [4.69, 9.17) is 9.47 Å². The number of hydrogen-bond donors (Lipinski definition) is 4. The molecule has 0 saturated carbocycles. The molecule has 0 aliphatic rings. The molecule has 11 heteroatoms. The molecule has 1 heterocycles. The largest absolute Gasteiger partial charge is 0.494 e. The third kappa shape index (κ3) is 6.27. The first-order valence-corrected chi connectivity index (χ1v) is 8.68. The Bertz CT molecular complexity index is 936. The fourth-order valence-electron chi connectivity index (χ4n) is 2.15. The Balaban J connectivity index is 1.87. The van der Waals surface area contributed by atoms with Crippen LogP contribution in [0.3, 0.4) is 0 Å². The number of ether oxygens (including phenoxy) is 2. The van der Waals surface area contributed by atoms with Crippen molar-refractivity contribution in [3.63, 3.8) is 0 Å². The van der Waals surface area contributed by atoms with Gasteiger partial charge in [-0.25, -0.2) is 15.3 Å². The maximum atomic E-state index is 11.8. The van der Waals surface area contributed by atoms with Gasteiger partial charge < -0.3 is 14.8 Å². The van der Waals surface area contributed by atoms with Crippen LogP contribution in [0.15, 0.2) is 32.9 Å². The minimum absolute atomic E-state index is 0.0409. The number of amides is 1. The summed E-state index contributed by atoms with van der Waals surface area (Å²) in [6.45, 7) is 4.92. The van der Waals surface area contributed by atoms with Gasteiger partial charge >= 0.3 is 5.69 Å². The fourth-order valence-corrected chi connectivity index (χ4v) is 2.15. The first kappa shape index (κ1) is 20.7. The van der Waals surface area contributed by atoms with Crippen LogP contribution in [0.5, 0.6) is 11.5 Å². The van der Waals surface area contributed by atoms with Gasteiger partial charge in [-0.3, -0.25) is 14.6 Å². The minimum Gasteiger partial charge on any atom is -0.494 e. The van der Waals surface area contributed by atoms with Crippen molar-refractivity contribution >= 4 is 17.9 Å². The first-order valence-electron chi connectivity index (χ1n) is 8.68. The molecule has 11 nitrogen and oxygen atoms in total. The number of aromatic nitrogens is 3. The molecule has 1 aromatic heterocycles. The highest BCUT2D eigenvalue weighted by Crippen LogP contribution is 2.23. The Morgan fingerprint density at radius 3 is 2.75 bits per heavy atom. The molecule has 2 aromatic rings. The van der Waals surface area contributed by atoms with Crippen LogP contribution in [0.4, 0.5) is 5.82 Å². The van der Waals surface area contributed by atoms with Crippen LogP contribution in [-0.4, -0.2) is 47.1 Å². The highest BCUT2D eigenvalue weighted by Gasteiger charge is 2.06. The molecule has 0 radical (unpaired) electrons. The minimum atomic E-state index is -0.705. The van der Waals surface area contributed by atoms with E-state index in [0.717, 1.165) is 0 Å². The zero-order chi connectivity index (χ0) is 20.4. The quantitative estimate of drug-likeness (QED) is 0.334. The summed E-state index contributed by atoms with van der Waals surface area (Å²) in [4.78, 5) is 36.2. The lowest BCUT2D eigenvalue weighted by molar-refractivity contribution is -0.120. The average Bonchev–Trinajstić information content (AvgIpc) is 2.66. The second-order valence-electron chi connectivity index (χ2n) is 5.39. The molecule has 4 N–H and O–H groups in total. The molecule has 0 spiro atoms. The molecule has 1 aromatic carbocycles. The summed E-state index contributed by atoms with van der Waals surface area (Å²) < 4.78 is 11.0. The SMILES string of the molecule is CCOc1ccc(/C=N/NC(=O)CCNc2n[nH]c(=O)[nH]c2=O)c(OCC)c1. The maximum Gasteiger partial charge on any atom is 0.342 e. The summed E-state index contributed by atoms with van der Waals surface area (Å²) in [5.41, 5.74) is 1.71. The van der Waals surface area contributed by atoms with E-state index in [1.54, 1.807) is 18.2 Å². The zero-order valence-corrected chi connectivity index (χ0v) is 15.6. The number of carbonyl (C=O) groups is 1. The van der Waals surface area contributed by atoms with Crippen molar-refractivity contribution < 1.29 is 14.3 Å². The predicted molar refractivity (Wildman–Crippen MR) is 103 cm³/mol. The van der Waals surface area contributed by atoms with Crippen LogP contribution in [0.25, 0.3) is 0 Å². The number of anilines is 1. The molecule has 0 aliphatic heterocycles. The van der Waals surface area contributed by atoms with Crippen molar-refractivity contribution in [3.05, 3.63) is 44.6 Å². The van der Waals surface area contributed by atoms with Gasteiger partial charge in [-0.1, -0.05) is 0 Å². The highest BCUT2D eigenvalue weighted by molar-refractivity contribution is 5.85. The van der Waals surface area contributed by atoms with Crippen molar-refractivity contribution in [2.75, 3.05) is 25.1 Å². The van der Waals surface area contributed by atoms with E-state index in [-0.39, 0.29) is 24.7 Å². The summed E-state index contributed by atoms with van der Waals surface area (Å²) in [5, 5.41) is 12.2. The normalized spacial score (nSPS) is 10.6. The maximum absolute atomic E-state index is 11.8. The van der Waals surface area contributed by atoms with Gasteiger partial charge in [0.2, 0.25) is 11.7 Å². The Labute approximate surface area is 160 Å². The number of nitrogens with one attached hydrogen (secondary N) is 4. The zero-order valence-electron chi connectivity index (χ0n) is 15.6. The summed E-state index contributed by atoms with van der Waals surface area (Å²) in [6, 6.07) is 5.32. The third-order valence-corrected chi connectivity index (χ3v) is 3.34. The molecule has 150 valence electrons. The van der Waals surface area contributed by atoms with Crippen molar-refractivity contribution in [1.82, 2.24) is 20.6 Å². The van der Waals surface area contributed by atoms with E-state index >= 15 is 0 Å². The summed E-state index contributed by atoms with van der Waals surface area (Å²) in [6.07, 6.45) is 1.51. The number of hydrogen-bond acceptors (Lipinski definition) is 8. The summed E-state index contributed by atoms with van der Waals surface area (Å²) in [5.74, 6) is 0.834. The summed E-state index contributed by atoms with van der Waals surface area (Å²) >= 11 is 0. The Kier molecular flexibility index (Phi) is 7.76. The van der Waals surface area contributed by atoms with Crippen molar-refractivity contribution in [3.8, 4) is 11.5 Å². The number of hydrazone groups is 1. The van der Waals surface area contributed by atoms with Gasteiger partial charge in [-0.2, -0.15) is 5.10 Å². The van der Waals surface area contributed by atoms with Crippen molar-refractivity contribution in [2.45, 2.75) is 20.3 Å². The van der Waals surface area contributed by atoms with Crippen LogP contribution in [-0.2, 0) is 4.79 Å². The molecule has 2 rings (SSSR count). The number of carbonyl (C=O) groups excluding carboxylic acids is 1. The number of rotatable bonds is 10. The van der Waals surface area contributed by atoms with Crippen LogP contribution < -0.4 is 31.5 Å². The van der Waals surface area contributed by atoms with Gasteiger partial charge in [0.25, 0.3) is 5.56 Å². The van der Waals surface area contributed by atoms with E-state index in [9.17, 15) is 14.4 Å². The van der Waals surface area contributed by atoms with E-state index in [2.05, 4.69) is 26.0 Å². The Morgan fingerprint density at radius 1 is 1.25 bits per heavy atom. The lowest BCUT2D eigenvalue weighted by Gasteiger charge is -2.10. The van der Waals surface area contributed by atoms with Gasteiger partial charge in [-0.15, -0.1) is 5.10 Å². The van der Waals surface area contributed by atoms with Gasteiger partial charge in [-0.05, 0) is 26.0 Å². The number of benzene rings is 1. The molecule has 0 unspecified atom stereocenters. The van der Waals surface area contributed by atoms with E-state index < -0.39 is 11.2 Å². The standard InChI is InChI=1S/C17H22N6O5/c1-3-27-12-6-5-11(13(9-12)28-4-2)10-19-21-14(24)7-8-18-15-16(25)20-17(26)23-22-15/h5-6,9-10H,3-4,7-8H2,1-2H3,(H,18,22)(H,21,24)(H2,20,23,25,26)/b19-10+. The van der Waals surface area contributed by atoms with Gasteiger partial charge in [0.1, 0.15) is 11.5 Å². The van der Waals surface area contributed by atoms with Gasteiger partial charge in [0, 0.05) is 24.6 Å². The van der Waals surface area contributed by atoms with Gasteiger partial charge in [0.15, 0.2) is 0 Å². The smallest absolute Gasteiger partial charge is 0.342 e. The Hall–Kier alpha value is -3.63. The molecule has 0 aliphatic carbocycles. The van der Waals surface area contributed by atoms with Crippen molar-refractivity contribution in [1.29, 1.82) is 0 Å². The molecule has 0 atom stereocenters. The van der Waals surface area contributed by atoms with Crippen LogP contribution in [0.2, 0.25) is 0 Å². The molecule has 28 heavy (non-hydrogen) atoms. The lowest BCUT2D eigenvalue weighted by atomic mass is 10.2. The monoisotopic (exact) mass is 390 g/mol. The third-order valence-electron chi connectivity index (χ3n) is 3.34. The topological polar surface area (TPSA) is 151 Å². The molecule has 0 fully saturated rings. The molecular formula is C17H22N6O5. The van der Waals surface area contributed by atoms with E-state index in [1.807, 2.05) is 18.8 Å². The number of aromatic amines is 2. The molecule has 0 bridgehead atoms. The van der Waals surface area contributed by atoms with Crippen LogP contribution in [0.1, 0.15) is 25.8 Å². The molecular weight excluding hydrogens is 368 g/mol. The highest BCUT2D eigenvalue weighted by atomic mass is 16.5. The Morgan fingerprint density at radius 2 is 2.04 bits per heavy atom. The van der Waals surface area contributed by atoms with Crippen molar-refractivity contribution in [2.24, 2.45) is 5.10 Å². The van der Waals surface area contributed by atoms with Crippen LogP contribution >= 0.6 is 0 Å².